The number of aliphatic imine (C=N–C) groups is 1. The van der Waals surface area contributed by atoms with E-state index in [0.717, 1.165) is 61.0 Å². The molecule has 2 aromatic rings. The van der Waals surface area contributed by atoms with Crippen LogP contribution in [0.4, 0.5) is 5.69 Å². The first-order valence-corrected chi connectivity index (χ1v) is 11.1. The molecule has 1 aliphatic carbocycles. The first-order valence-electron chi connectivity index (χ1n) is 11.1. The van der Waals surface area contributed by atoms with Crippen LogP contribution in [0.5, 0.6) is 0 Å². The van der Waals surface area contributed by atoms with E-state index in [9.17, 15) is 5.26 Å². The fourth-order valence-electron chi connectivity index (χ4n) is 5.15. The Hall–Kier alpha value is -2.78. The molecule has 3 aliphatic rings. The topological polar surface area (TPSA) is 91.2 Å². The summed E-state index contributed by atoms with van der Waals surface area (Å²) in [5.41, 5.74) is 12.0. The molecule has 1 aromatic carbocycles. The lowest BCUT2D eigenvalue weighted by Crippen LogP contribution is -2.37. The Morgan fingerprint density at radius 1 is 1.20 bits per heavy atom. The number of amidine groups is 1. The number of nitrogens with zero attached hydrogens (tertiary/aromatic N) is 5. The van der Waals surface area contributed by atoms with E-state index in [4.69, 9.17) is 20.7 Å². The van der Waals surface area contributed by atoms with E-state index in [0.29, 0.717) is 29.9 Å². The smallest absolute Gasteiger partial charge is 0.156 e. The van der Waals surface area contributed by atoms with Crippen LogP contribution in [-0.2, 0) is 6.54 Å². The van der Waals surface area contributed by atoms with Gasteiger partial charge < -0.3 is 10.6 Å². The average molecular weight is 401 g/mol. The van der Waals surface area contributed by atoms with Crippen LogP contribution in [0, 0.1) is 17.2 Å². The molecule has 1 fully saturated rings. The van der Waals surface area contributed by atoms with Crippen LogP contribution in [0.25, 0.3) is 0 Å². The highest BCUT2D eigenvalue weighted by Crippen LogP contribution is 2.38. The highest BCUT2D eigenvalue weighted by atomic mass is 15.2. The van der Waals surface area contributed by atoms with Crippen molar-refractivity contribution in [1.29, 1.82) is 5.26 Å². The van der Waals surface area contributed by atoms with Gasteiger partial charge in [0.2, 0.25) is 0 Å². The molecule has 5 rings (SSSR count). The fourth-order valence-corrected chi connectivity index (χ4v) is 5.15. The monoisotopic (exact) mass is 400 g/mol. The van der Waals surface area contributed by atoms with E-state index in [1.54, 1.807) is 0 Å². The Morgan fingerprint density at radius 3 is 2.80 bits per heavy atom. The Morgan fingerprint density at radius 2 is 2.03 bits per heavy atom. The lowest BCUT2D eigenvalue weighted by Gasteiger charge is -2.34. The van der Waals surface area contributed by atoms with Gasteiger partial charge in [0.05, 0.1) is 29.6 Å². The lowest BCUT2D eigenvalue weighted by atomic mass is 9.80. The van der Waals surface area contributed by atoms with Crippen LogP contribution in [0.3, 0.4) is 0 Å². The van der Waals surface area contributed by atoms with Crippen molar-refractivity contribution < 1.29 is 0 Å². The molecule has 0 radical (unpaired) electrons. The van der Waals surface area contributed by atoms with Gasteiger partial charge in [-0.15, -0.1) is 0 Å². The molecule has 1 atom stereocenters. The zero-order valence-corrected chi connectivity index (χ0v) is 17.5. The molecular weight excluding hydrogens is 372 g/mol. The van der Waals surface area contributed by atoms with Gasteiger partial charge in [0, 0.05) is 24.3 Å². The zero-order chi connectivity index (χ0) is 20.7. The molecule has 154 valence electrons. The highest BCUT2D eigenvalue weighted by molar-refractivity contribution is 6.11. The van der Waals surface area contributed by atoms with E-state index in [2.05, 4.69) is 24.0 Å². The molecule has 6 nitrogen and oxygen atoms in total. The highest BCUT2D eigenvalue weighted by Gasteiger charge is 2.32. The number of aromatic nitrogens is 2. The van der Waals surface area contributed by atoms with Crippen LogP contribution < -0.4 is 10.6 Å². The SMILES string of the molecule is C[C@H]1CCN(C2=NCc3nc(C4CCC(CN)CC4)cnc32)c2ccc(C#N)cc21. The predicted octanol–water partition coefficient (Wildman–Crippen LogP) is 3.85. The maximum atomic E-state index is 9.28. The molecular formula is C24H28N6. The summed E-state index contributed by atoms with van der Waals surface area (Å²) < 4.78 is 0. The third-order valence-electron chi connectivity index (χ3n) is 7.07. The first-order chi connectivity index (χ1) is 14.7. The zero-order valence-electron chi connectivity index (χ0n) is 17.5. The van der Waals surface area contributed by atoms with Gasteiger partial charge >= 0.3 is 0 Å². The minimum Gasteiger partial charge on any atom is -0.330 e. The summed E-state index contributed by atoms with van der Waals surface area (Å²) in [5.74, 6) is 2.52. The van der Waals surface area contributed by atoms with Crippen molar-refractivity contribution in [2.45, 2.75) is 57.4 Å². The molecule has 3 heterocycles. The van der Waals surface area contributed by atoms with Gasteiger partial charge in [0.25, 0.3) is 0 Å². The van der Waals surface area contributed by atoms with E-state index < -0.39 is 0 Å². The number of hydrogen-bond acceptors (Lipinski definition) is 6. The Balaban J connectivity index is 1.41. The third kappa shape index (κ3) is 3.27. The Kier molecular flexibility index (Phi) is 5.00. The molecule has 1 aromatic heterocycles. The lowest BCUT2D eigenvalue weighted by molar-refractivity contribution is 0.328. The van der Waals surface area contributed by atoms with Gasteiger partial charge in [0.15, 0.2) is 5.84 Å². The molecule has 2 N–H and O–H groups in total. The summed E-state index contributed by atoms with van der Waals surface area (Å²) in [6.07, 6.45) is 7.69. The van der Waals surface area contributed by atoms with Crippen molar-refractivity contribution in [3.63, 3.8) is 0 Å². The van der Waals surface area contributed by atoms with E-state index in [1.165, 1.54) is 18.4 Å². The third-order valence-corrected chi connectivity index (χ3v) is 7.07. The van der Waals surface area contributed by atoms with E-state index >= 15 is 0 Å². The quantitative estimate of drug-likeness (QED) is 0.827. The molecule has 6 heteroatoms. The number of hydrogen-bond donors (Lipinski definition) is 1. The molecule has 1 saturated carbocycles. The standard InChI is InChI=1S/C24H28N6/c1-15-8-9-30(22-7-4-17(12-26)10-19(15)22)24-23-21(14-28-24)29-20(13-27-23)18-5-2-16(11-25)3-6-18/h4,7,10,13,15-16,18H,2-3,5-6,8-9,11,14,25H2,1H3/t15-,16?,18?/m0/s1. The normalized spacial score (nSPS) is 25.3. The van der Waals surface area contributed by atoms with Gasteiger partial charge in [-0.1, -0.05) is 6.92 Å². The second-order valence-electron chi connectivity index (χ2n) is 8.91. The average Bonchev–Trinajstić information content (AvgIpc) is 3.22. The molecule has 0 bridgehead atoms. The molecule has 0 spiro atoms. The van der Waals surface area contributed by atoms with Crippen molar-refractivity contribution in [3.8, 4) is 6.07 Å². The largest absolute Gasteiger partial charge is 0.330 e. The molecule has 0 unspecified atom stereocenters. The summed E-state index contributed by atoms with van der Waals surface area (Å²) in [5, 5.41) is 9.28. The summed E-state index contributed by atoms with van der Waals surface area (Å²) >= 11 is 0. The van der Waals surface area contributed by atoms with Crippen molar-refractivity contribution in [2.24, 2.45) is 16.6 Å². The van der Waals surface area contributed by atoms with Crippen LogP contribution in [0.2, 0.25) is 0 Å². The summed E-state index contributed by atoms with van der Waals surface area (Å²) in [6.45, 7) is 4.53. The number of benzene rings is 1. The second-order valence-corrected chi connectivity index (χ2v) is 8.91. The summed E-state index contributed by atoms with van der Waals surface area (Å²) in [7, 11) is 0. The van der Waals surface area contributed by atoms with Crippen molar-refractivity contribution >= 4 is 11.5 Å². The Bertz CT molecular complexity index is 1030. The van der Waals surface area contributed by atoms with Crippen LogP contribution in [0.1, 0.15) is 79.1 Å². The van der Waals surface area contributed by atoms with Gasteiger partial charge in [-0.25, -0.2) is 4.98 Å². The summed E-state index contributed by atoms with van der Waals surface area (Å²) in [4.78, 5) is 16.9. The maximum absolute atomic E-state index is 9.28. The number of fused-ring (bicyclic) bond motifs is 2. The van der Waals surface area contributed by atoms with Gasteiger partial charge in [-0.2, -0.15) is 5.26 Å². The number of anilines is 1. The van der Waals surface area contributed by atoms with Gasteiger partial charge in [0.1, 0.15) is 5.69 Å². The molecule has 2 aliphatic heterocycles. The van der Waals surface area contributed by atoms with Gasteiger partial charge in [-0.05, 0) is 74.2 Å². The van der Waals surface area contributed by atoms with Crippen molar-refractivity contribution in [3.05, 3.63) is 52.6 Å². The minimum atomic E-state index is 0.433. The van der Waals surface area contributed by atoms with Gasteiger partial charge in [-0.3, -0.25) is 9.98 Å². The fraction of sp³-hybridized carbons (Fsp3) is 0.500. The summed E-state index contributed by atoms with van der Waals surface area (Å²) in [6, 6.07) is 8.24. The van der Waals surface area contributed by atoms with Crippen molar-refractivity contribution in [1.82, 2.24) is 9.97 Å². The van der Waals surface area contributed by atoms with Crippen LogP contribution in [0.15, 0.2) is 29.4 Å². The second kappa shape index (κ2) is 7.81. The number of rotatable bonds is 2. The van der Waals surface area contributed by atoms with Crippen LogP contribution in [-0.4, -0.2) is 28.9 Å². The Labute approximate surface area is 177 Å². The van der Waals surface area contributed by atoms with Crippen molar-refractivity contribution in [2.75, 3.05) is 18.0 Å². The minimum absolute atomic E-state index is 0.433. The predicted molar refractivity (Wildman–Crippen MR) is 118 cm³/mol. The molecule has 0 saturated heterocycles. The molecule has 0 amide bonds. The first kappa shape index (κ1) is 19.2. The van der Waals surface area contributed by atoms with Crippen LogP contribution >= 0.6 is 0 Å². The van der Waals surface area contributed by atoms with E-state index in [-0.39, 0.29) is 0 Å². The maximum Gasteiger partial charge on any atom is 0.156 e. The molecule has 30 heavy (non-hydrogen) atoms. The number of nitriles is 1. The number of nitrogens with two attached hydrogens (primary N) is 1. The van der Waals surface area contributed by atoms with E-state index in [1.807, 2.05) is 18.3 Å².